The summed E-state index contributed by atoms with van der Waals surface area (Å²) >= 11 is 0. The van der Waals surface area contributed by atoms with Crippen LogP contribution in [-0.4, -0.2) is 22.4 Å². The zero-order valence-corrected chi connectivity index (χ0v) is 11.0. The zero-order valence-electron chi connectivity index (χ0n) is 11.0. The van der Waals surface area contributed by atoms with Crippen LogP contribution in [0.25, 0.3) is 11.1 Å². The van der Waals surface area contributed by atoms with E-state index < -0.39 is 21.2 Å². The first kappa shape index (κ1) is 15.0. The third kappa shape index (κ3) is 2.44. The van der Waals surface area contributed by atoms with E-state index in [-0.39, 0.29) is 22.3 Å². The van der Waals surface area contributed by atoms with Crippen LogP contribution >= 0.6 is 0 Å². The molecular formula is C14H8N2O6. The van der Waals surface area contributed by atoms with Crippen LogP contribution in [0, 0.1) is 20.2 Å². The van der Waals surface area contributed by atoms with Gasteiger partial charge in [-0.2, -0.15) is 0 Å². The van der Waals surface area contributed by atoms with Gasteiger partial charge in [0.05, 0.1) is 21.0 Å². The van der Waals surface area contributed by atoms with Gasteiger partial charge in [-0.1, -0.05) is 24.3 Å². The summed E-state index contributed by atoms with van der Waals surface area (Å²) in [4.78, 5) is 43.2. The maximum Gasteiger partial charge on any atom is 0.278 e. The van der Waals surface area contributed by atoms with Crippen molar-refractivity contribution in [3.63, 3.8) is 0 Å². The van der Waals surface area contributed by atoms with Crippen molar-refractivity contribution in [1.82, 2.24) is 0 Å². The van der Waals surface area contributed by atoms with Gasteiger partial charge in [-0.05, 0) is 0 Å². The predicted octanol–water partition coefficient (Wildman–Crippen LogP) is 2.80. The molecule has 2 aromatic rings. The maximum atomic E-state index is 11.2. The fourth-order valence-corrected chi connectivity index (χ4v) is 2.16. The zero-order chi connectivity index (χ0) is 16.3. The largest absolute Gasteiger partial charge is 0.298 e. The van der Waals surface area contributed by atoms with Crippen molar-refractivity contribution in [3.8, 4) is 11.1 Å². The fraction of sp³-hybridized carbons (Fsp3) is 0. The van der Waals surface area contributed by atoms with Gasteiger partial charge < -0.3 is 0 Å². The third-order valence-electron chi connectivity index (χ3n) is 3.05. The Balaban J connectivity index is 2.99. The first-order chi connectivity index (χ1) is 10.5. The molecule has 0 aliphatic heterocycles. The van der Waals surface area contributed by atoms with E-state index in [1.807, 2.05) is 0 Å². The summed E-state index contributed by atoms with van der Waals surface area (Å²) in [6.45, 7) is 0. The summed E-state index contributed by atoms with van der Waals surface area (Å²) in [7, 11) is 0. The van der Waals surface area contributed by atoms with E-state index in [1.54, 1.807) is 0 Å². The molecular weight excluding hydrogens is 292 g/mol. The first-order valence-corrected chi connectivity index (χ1v) is 5.96. The van der Waals surface area contributed by atoms with Gasteiger partial charge in [0, 0.05) is 23.3 Å². The summed E-state index contributed by atoms with van der Waals surface area (Å²) in [5.41, 5.74) is -1.66. The number of nitro benzene ring substituents is 2. The van der Waals surface area contributed by atoms with Crippen molar-refractivity contribution in [3.05, 3.63) is 67.8 Å². The molecule has 0 fully saturated rings. The molecule has 0 aliphatic carbocycles. The van der Waals surface area contributed by atoms with Crippen LogP contribution in [0.5, 0.6) is 0 Å². The van der Waals surface area contributed by atoms with Gasteiger partial charge in [-0.3, -0.25) is 29.8 Å². The molecule has 0 radical (unpaired) electrons. The molecule has 0 aromatic heterocycles. The van der Waals surface area contributed by atoms with Gasteiger partial charge in [0.1, 0.15) is 0 Å². The Morgan fingerprint density at radius 1 is 0.727 bits per heavy atom. The molecule has 8 nitrogen and oxygen atoms in total. The van der Waals surface area contributed by atoms with Crippen LogP contribution in [0.15, 0.2) is 36.4 Å². The van der Waals surface area contributed by atoms with Crippen molar-refractivity contribution in [2.24, 2.45) is 0 Å². The van der Waals surface area contributed by atoms with E-state index >= 15 is 0 Å². The van der Waals surface area contributed by atoms with Gasteiger partial charge >= 0.3 is 0 Å². The number of hydrogen-bond donors (Lipinski definition) is 0. The normalized spacial score (nSPS) is 10.0. The van der Waals surface area contributed by atoms with Crippen molar-refractivity contribution in [1.29, 1.82) is 0 Å². The minimum atomic E-state index is -0.756. The highest BCUT2D eigenvalue weighted by atomic mass is 16.6. The third-order valence-corrected chi connectivity index (χ3v) is 3.05. The predicted molar refractivity (Wildman–Crippen MR) is 76.0 cm³/mol. The lowest BCUT2D eigenvalue weighted by atomic mass is 9.93. The van der Waals surface area contributed by atoms with Crippen LogP contribution in [0.2, 0.25) is 0 Å². The highest BCUT2D eigenvalue weighted by Gasteiger charge is 2.28. The van der Waals surface area contributed by atoms with Crippen molar-refractivity contribution in [2.45, 2.75) is 0 Å². The summed E-state index contributed by atoms with van der Waals surface area (Å²) in [5.74, 6) is 0. The quantitative estimate of drug-likeness (QED) is 0.475. The van der Waals surface area contributed by atoms with E-state index in [4.69, 9.17) is 0 Å². The molecule has 8 heteroatoms. The SMILES string of the molecule is O=Cc1cccc([N+](=O)[O-])c1-c1c(C=O)cccc1[N+](=O)[O-]. The molecule has 0 bridgehead atoms. The Morgan fingerprint density at radius 2 is 1.09 bits per heavy atom. The van der Waals surface area contributed by atoms with Crippen molar-refractivity contribution >= 4 is 23.9 Å². The lowest BCUT2D eigenvalue weighted by Gasteiger charge is -2.09. The topological polar surface area (TPSA) is 120 Å². The number of aldehydes is 2. The number of benzene rings is 2. The van der Waals surface area contributed by atoms with Crippen molar-refractivity contribution in [2.75, 3.05) is 0 Å². The smallest absolute Gasteiger partial charge is 0.278 e. The average Bonchev–Trinajstić information content (AvgIpc) is 2.52. The molecule has 0 spiro atoms. The van der Waals surface area contributed by atoms with Crippen LogP contribution in [0.3, 0.4) is 0 Å². The highest BCUT2D eigenvalue weighted by molar-refractivity contribution is 6.00. The van der Waals surface area contributed by atoms with Gasteiger partial charge in [0.15, 0.2) is 12.6 Å². The minimum Gasteiger partial charge on any atom is -0.298 e. The number of hydrogen-bond acceptors (Lipinski definition) is 6. The van der Waals surface area contributed by atoms with E-state index in [0.29, 0.717) is 12.6 Å². The Kier molecular flexibility index (Phi) is 4.03. The van der Waals surface area contributed by atoms with E-state index in [2.05, 4.69) is 0 Å². The molecule has 0 heterocycles. The van der Waals surface area contributed by atoms with Crippen molar-refractivity contribution < 1.29 is 19.4 Å². The Morgan fingerprint density at radius 3 is 1.36 bits per heavy atom. The molecule has 2 aromatic carbocycles. The Bertz CT molecular complexity index is 732. The number of carbonyl (C=O) groups is 2. The van der Waals surface area contributed by atoms with E-state index in [1.165, 1.54) is 24.3 Å². The second-order valence-electron chi connectivity index (χ2n) is 4.23. The summed E-state index contributed by atoms with van der Waals surface area (Å²) in [6, 6.07) is 7.41. The second-order valence-corrected chi connectivity index (χ2v) is 4.23. The monoisotopic (exact) mass is 300 g/mol. The van der Waals surface area contributed by atoms with E-state index in [9.17, 15) is 29.8 Å². The molecule has 0 atom stereocenters. The number of nitro groups is 2. The van der Waals surface area contributed by atoms with E-state index in [0.717, 1.165) is 12.1 Å². The molecule has 0 N–H and O–H groups in total. The standard InChI is InChI=1S/C14H8N2O6/c17-7-9-3-1-5-11(15(19)20)13(9)14-10(8-18)4-2-6-12(14)16(21)22/h1-8H. The van der Waals surface area contributed by atoms with Gasteiger partial charge in [0.2, 0.25) is 0 Å². The number of nitrogens with zero attached hydrogens (tertiary/aromatic N) is 2. The van der Waals surface area contributed by atoms with Gasteiger partial charge in [0.25, 0.3) is 11.4 Å². The molecule has 0 amide bonds. The molecule has 110 valence electrons. The molecule has 0 aliphatic rings. The second kappa shape index (κ2) is 5.92. The lowest BCUT2D eigenvalue weighted by molar-refractivity contribution is -0.386. The van der Waals surface area contributed by atoms with Crippen LogP contribution in [0.1, 0.15) is 20.7 Å². The summed E-state index contributed by atoms with van der Waals surface area (Å²) in [6.07, 6.45) is 0.710. The van der Waals surface area contributed by atoms with Gasteiger partial charge in [-0.15, -0.1) is 0 Å². The highest BCUT2D eigenvalue weighted by Crippen LogP contribution is 2.39. The summed E-state index contributed by atoms with van der Waals surface area (Å²) < 4.78 is 0. The molecule has 0 unspecified atom stereocenters. The lowest BCUT2D eigenvalue weighted by Crippen LogP contribution is -2.02. The number of rotatable bonds is 5. The maximum absolute atomic E-state index is 11.2. The molecule has 0 saturated carbocycles. The van der Waals surface area contributed by atoms with Crippen LogP contribution < -0.4 is 0 Å². The summed E-state index contributed by atoms with van der Waals surface area (Å²) in [5, 5.41) is 22.4. The average molecular weight is 300 g/mol. The first-order valence-electron chi connectivity index (χ1n) is 5.96. The fourth-order valence-electron chi connectivity index (χ4n) is 2.16. The Labute approximate surface area is 123 Å². The Hall–Kier alpha value is -3.42. The molecule has 2 rings (SSSR count). The minimum absolute atomic E-state index is 0.105. The molecule has 22 heavy (non-hydrogen) atoms. The van der Waals surface area contributed by atoms with Gasteiger partial charge in [-0.25, -0.2) is 0 Å². The number of carbonyl (C=O) groups excluding carboxylic acids is 2. The van der Waals surface area contributed by atoms with Crippen LogP contribution in [0.4, 0.5) is 11.4 Å². The van der Waals surface area contributed by atoms with Crippen LogP contribution in [-0.2, 0) is 0 Å². The molecule has 0 saturated heterocycles.